The number of rotatable bonds is 4. The maximum absolute atomic E-state index is 3.50. The monoisotopic (exact) mass is 363 g/mol. The molecule has 26 heavy (non-hydrogen) atoms. The minimum Gasteiger partial charge on any atom is -0.384 e. The van der Waals surface area contributed by atoms with E-state index in [1.807, 2.05) is 11.3 Å². The number of fused-ring (bicyclic) bond motifs is 2. The number of thiophene rings is 1. The van der Waals surface area contributed by atoms with Crippen LogP contribution in [0.15, 0.2) is 47.8 Å². The molecule has 1 N–H and O–H groups in total. The van der Waals surface area contributed by atoms with Gasteiger partial charge in [-0.2, -0.15) is 0 Å². The predicted molar refractivity (Wildman–Crippen MR) is 113 cm³/mol. The second-order valence-electron chi connectivity index (χ2n) is 7.36. The minimum absolute atomic E-state index is 1.09. The lowest BCUT2D eigenvalue weighted by atomic mass is 10.1. The van der Waals surface area contributed by atoms with Gasteiger partial charge in [0.05, 0.1) is 0 Å². The Morgan fingerprint density at radius 2 is 1.92 bits per heavy atom. The highest BCUT2D eigenvalue weighted by atomic mass is 32.1. The largest absolute Gasteiger partial charge is 0.384 e. The molecule has 3 heterocycles. The first-order valence-electron chi connectivity index (χ1n) is 9.66. The molecule has 3 aromatic rings. The SMILES string of the molecule is c1cc(N2CCN(CCc3ccc4c(c3)NCC4)CC2)c2ccsc2c1. The van der Waals surface area contributed by atoms with Crippen molar-refractivity contribution in [2.24, 2.45) is 0 Å². The highest BCUT2D eigenvalue weighted by Gasteiger charge is 2.19. The third kappa shape index (κ3) is 3.08. The van der Waals surface area contributed by atoms with E-state index < -0.39 is 0 Å². The van der Waals surface area contributed by atoms with E-state index in [0.717, 1.165) is 45.7 Å². The fraction of sp³-hybridized carbons (Fsp3) is 0.364. The summed E-state index contributed by atoms with van der Waals surface area (Å²) in [5.74, 6) is 0. The molecule has 4 heteroatoms. The van der Waals surface area contributed by atoms with Crippen LogP contribution in [0.2, 0.25) is 0 Å². The fourth-order valence-corrected chi connectivity index (χ4v) is 5.05. The van der Waals surface area contributed by atoms with Gasteiger partial charge in [0.2, 0.25) is 0 Å². The van der Waals surface area contributed by atoms with Crippen molar-refractivity contribution in [1.82, 2.24) is 4.90 Å². The average Bonchev–Trinajstić information content (AvgIpc) is 3.35. The molecule has 2 aliphatic heterocycles. The zero-order valence-electron chi connectivity index (χ0n) is 15.1. The van der Waals surface area contributed by atoms with Gasteiger partial charge in [0.15, 0.2) is 0 Å². The van der Waals surface area contributed by atoms with Crippen molar-refractivity contribution < 1.29 is 0 Å². The Hall–Kier alpha value is -2.04. The van der Waals surface area contributed by atoms with Gasteiger partial charge in [-0.25, -0.2) is 0 Å². The van der Waals surface area contributed by atoms with E-state index in [-0.39, 0.29) is 0 Å². The number of hydrogen-bond acceptors (Lipinski definition) is 4. The van der Waals surface area contributed by atoms with Gasteiger partial charge in [0.25, 0.3) is 0 Å². The molecule has 0 saturated carbocycles. The normalized spacial score (nSPS) is 17.5. The lowest BCUT2D eigenvalue weighted by Crippen LogP contribution is -2.47. The van der Waals surface area contributed by atoms with Gasteiger partial charge in [0.1, 0.15) is 0 Å². The first-order valence-corrected chi connectivity index (χ1v) is 10.5. The van der Waals surface area contributed by atoms with Gasteiger partial charge in [-0.05, 0) is 53.6 Å². The molecule has 1 saturated heterocycles. The van der Waals surface area contributed by atoms with Crippen molar-refractivity contribution >= 4 is 32.8 Å². The van der Waals surface area contributed by atoms with Gasteiger partial charge in [-0.3, -0.25) is 4.90 Å². The molecule has 0 aliphatic carbocycles. The van der Waals surface area contributed by atoms with Crippen LogP contribution < -0.4 is 10.2 Å². The summed E-state index contributed by atoms with van der Waals surface area (Å²) in [6, 6.07) is 16.0. The van der Waals surface area contributed by atoms with E-state index in [9.17, 15) is 0 Å². The van der Waals surface area contributed by atoms with Crippen LogP contribution in [0, 0.1) is 0 Å². The lowest BCUT2D eigenvalue weighted by Gasteiger charge is -2.36. The third-order valence-corrected chi connectivity index (χ3v) is 6.67. The summed E-state index contributed by atoms with van der Waals surface area (Å²) < 4.78 is 1.40. The van der Waals surface area contributed by atoms with Crippen molar-refractivity contribution in [3.05, 3.63) is 59.0 Å². The molecule has 0 atom stereocenters. The van der Waals surface area contributed by atoms with Crippen LogP contribution in [0.1, 0.15) is 11.1 Å². The maximum atomic E-state index is 3.50. The van der Waals surface area contributed by atoms with Crippen LogP contribution in [-0.4, -0.2) is 44.2 Å². The second kappa shape index (κ2) is 6.93. The molecule has 0 radical (unpaired) electrons. The summed E-state index contributed by atoms with van der Waals surface area (Å²) in [4.78, 5) is 5.18. The predicted octanol–water partition coefficient (Wildman–Crippen LogP) is 4.23. The molecule has 0 unspecified atom stereocenters. The van der Waals surface area contributed by atoms with Crippen molar-refractivity contribution in [2.75, 3.05) is 49.5 Å². The number of hydrogen-bond donors (Lipinski definition) is 1. The molecule has 3 nitrogen and oxygen atoms in total. The Morgan fingerprint density at radius 1 is 1.00 bits per heavy atom. The Balaban J connectivity index is 1.19. The quantitative estimate of drug-likeness (QED) is 0.748. The third-order valence-electron chi connectivity index (χ3n) is 5.79. The molecule has 2 aliphatic rings. The van der Waals surface area contributed by atoms with E-state index >= 15 is 0 Å². The van der Waals surface area contributed by atoms with Crippen molar-refractivity contribution in [3.8, 4) is 0 Å². The number of piperazine rings is 1. The Morgan fingerprint density at radius 3 is 2.85 bits per heavy atom. The Bertz CT molecular complexity index is 909. The first-order chi connectivity index (χ1) is 12.9. The Kier molecular flexibility index (Phi) is 4.31. The van der Waals surface area contributed by atoms with Crippen molar-refractivity contribution in [3.63, 3.8) is 0 Å². The van der Waals surface area contributed by atoms with Crippen molar-refractivity contribution in [2.45, 2.75) is 12.8 Å². The number of nitrogens with zero attached hydrogens (tertiary/aromatic N) is 2. The standard InChI is InChI=1S/C22H25N3S/c1-2-21(19-8-15-26-22(19)3-1)25-13-11-24(12-14-25)10-7-17-4-5-18-6-9-23-20(18)16-17/h1-5,8,15-16,23H,6-7,9-14H2. The number of nitrogens with one attached hydrogen (secondary N) is 1. The number of anilines is 2. The molecule has 0 amide bonds. The van der Waals surface area contributed by atoms with Crippen LogP contribution in [0.3, 0.4) is 0 Å². The van der Waals surface area contributed by atoms with Gasteiger partial charge in [-0.1, -0.05) is 18.2 Å². The molecule has 1 fully saturated rings. The molecular weight excluding hydrogens is 338 g/mol. The van der Waals surface area contributed by atoms with Crippen LogP contribution >= 0.6 is 11.3 Å². The first kappa shape index (κ1) is 16.2. The highest BCUT2D eigenvalue weighted by molar-refractivity contribution is 7.17. The van der Waals surface area contributed by atoms with Crippen molar-refractivity contribution in [1.29, 1.82) is 0 Å². The summed E-state index contributed by atoms with van der Waals surface area (Å²) in [7, 11) is 0. The number of benzene rings is 2. The topological polar surface area (TPSA) is 18.5 Å². The smallest absolute Gasteiger partial charge is 0.0455 e. The molecule has 2 aromatic carbocycles. The van der Waals surface area contributed by atoms with Crippen LogP contribution in [0.4, 0.5) is 11.4 Å². The van der Waals surface area contributed by atoms with E-state index in [2.05, 4.69) is 63.0 Å². The average molecular weight is 364 g/mol. The zero-order chi connectivity index (χ0) is 17.3. The summed E-state index contributed by atoms with van der Waals surface area (Å²) in [5, 5.41) is 7.11. The second-order valence-corrected chi connectivity index (χ2v) is 8.30. The highest BCUT2D eigenvalue weighted by Crippen LogP contribution is 2.31. The summed E-state index contributed by atoms with van der Waals surface area (Å²) in [5.41, 5.74) is 5.71. The van der Waals surface area contributed by atoms with E-state index in [4.69, 9.17) is 0 Å². The summed E-state index contributed by atoms with van der Waals surface area (Å²) >= 11 is 1.84. The van der Waals surface area contributed by atoms with E-state index in [1.165, 1.54) is 39.0 Å². The zero-order valence-corrected chi connectivity index (χ0v) is 15.9. The maximum Gasteiger partial charge on any atom is 0.0455 e. The summed E-state index contributed by atoms with van der Waals surface area (Å²) in [6.07, 6.45) is 2.32. The van der Waals surface area contributed by atoms with Crippen LogP contribution in [0.25, 0.3) is 10.1 Å². The summed E-state index contributed by atoms with van der Waals surface area (Å²) in [6.45, 7) is 6.82. The van der Waals surface area contributed by atoms with Gasteiger partial charge in [0, 0.05) is 60.7 Å². The molecular formula is C22H25N3S. The van der Waals surface area contributed by atoms with Crippen LogP contribution in [0.5, 0.6) is 0 Å². The van der Waals surface area contributed by atoms with E-state index in [1.54, 1.807) is 0 Å². The molecule has 1 aromatic heterocycles. The van der Waals surface area contributed by atoms with E-state index in [0.29, 0.717) is 0 Å². The van der Waals surface area contributed by atoms with Gasteiger partial charge in [-0.15, -0.1) is 11.3 Å². The van der Waals surface area contributed by atoms with Gasteiger partial charge < -0.3 is 10.2 Å². The molecule has 0 spiro atoms. The molecule has 0 bridgehead atoms. The Labute approximate surface area is 159 Å². The lowest BCUT2D eigenvalue weighted by molar-refractivity contribution is 0.261. The minimum atomic E-state index is 1.09. The van der Waals surface area contributed by atoms with Gasteiger partial charge >= 0.3 is 0 Å². The molecule has 134 valence electrons. The molecule has 5 rings (SSSR count). The fourth-order valence-electron chi connectivity index (χ4n) is 4.25. The van der Waals surface area contributed by atoms with Crippen LogP contribution in [-0.2, 0) is 12.8 Å².